The van der Waals surface area contributed by atoms with Crippen molar-refractivity contribution in [3.8, 4) is 0 Å². The van der Waals surface area contributed by atoms with Gasteiger partial charge in [0.1, 0.15) is 0 Å². The van der Waals surface area contributed by atoms with Crippen LogP contribution >= 0.6 is 0 Å². The lowest BCUT2D eigenvalue weighted by Crippen LogP contribution is -2.21. The molecule has 2 atom stereocenters. The number of hydrogen-bond donors (Lipinski definition) is 1. The molecule has 1 heterocycles. The van der Waals surface area contributed by atoms with Crippen molar-refractivity contribution >= 4 is 0 Å². The molecule has 0 saturated carbocycles. The summed E-state index contributed by atoms with van der Waals surface area (Å²) in [4.78, 5) is 0. The molecule has 3 heteroatoms. The molecule has 2 unspecified atom stereocenters. The van der Waals surface area contributed by atoms with Gasteiger partial charge in [-0.2, -0.15) is 0 Å². The predicted octanol–water partition coefficient (Wildman–Crippen LogP) is 1.20. The second-order valence-electron chi connectivity index (χ2n) is 4.00. The molecular weight excluding hydrogens is 168 g/mol. The summed E-state index contributed by atoms with van der Waals surface area (Å²) in [5, 5.41) is 9.58. The van der Waals surface area contributed by atoms with Crippen molar-refractivity contribution in [2.45, 2.75) is 38.9 Å². The summed E-state index contributed by atoms with van der Waals surface area (Å²) >= 11 is 0. The summed E-state index contributed by atoms with van der Waals surface area (Å²) in [6.45, 7) is 6.06. The number of rotatable bonds is 5. The molecule has 3 nitrogen and oxygen atoms in total. The minimum Gasteiger partial charge on any atom is -0.391 e. The Morgan fingerprint density at radius 2 is 2.31 bits per heavy atom. The lowest BCUT2D eigenvalue weighted by Gasteiger charge is -2.15. The van der Waals surface area contributed by atoms with E-state index < -0.39 is 0 Å². The number of aliphatic hydroxyl groups excluding tert-OH is 1. The Morgan fingerprint density at radius 3 is 2.85 bits per heavy atom. The average Bonchev–Trinajstić information content (AvgIpc) is 2.53. The van der Waals surface area contributed by atoms with Crippen molar-refractivity contribution in [1.82, 2.24) is 0 Å². The first kappa shape index (κ1) is 11.0. The van der Waals surface area contributed by atoms with Crippen molar-refractivity contribution < 1.29 is 14.6 Å². The van der Waals surface area contributed by atoms with Crippen LogP contribution in [-0.4, -0.2) is 37.1 Å². The van der Waals surface area contributed by atoms with Crippen LogP contribution in [0.3, 0.4) is 0 Å². The largest absolute Gasteiger partial charge is 0.391 e. The summed E-state index contributed by atoms with van der Waals surface area (Å²) < 4.78 is 10.6. The predicted molar refractivity (Wildman–Crippen MR) is 50.6 cm³/mol. The van der Waals surface area contributed by atoms with Gasteiger partial charge in [-0.25, -0.2) is 0 Å². The minimum absolute atomic E-state index is 0.203. The Kier molecular flexibility index (Phi) is 4.70. The maximum absolute atomic E-state index is 9.58. The molecule has 0 aliphatic carbocycles. The van der Waals surface area contributed by atoms with E-state index in [2.05, 4.69) is 0 Å². The fraction of sp³-hybridized carbons (Fsp3) is 1.00. The normalized spacial score (nSPS) is 25.4. The monoisotopic (exact) mass is 188 g/mol. The van der Waals surface area contributed by atoms with E-state index in [0.29, 0.717) is 12.5 Å². The second kappa shape index (κ2) is 5.58. The first-order valence-electron chi connectivity index (χ1n) is 5.06. The van der Waals surface area contributed by atoms with Gasteiger partial charge in [-0.15, -0.1) is 0 Å². The van der Waals surface area contributed by atoms with Crippen molar-refractivity contribution in [2.75, 3.05) is 19.8 Å². The fourth-order valence-electron chi connectivity index (χ4n) is 1.53. The van der Waals surface area contributed by atoms with Crippen LogP contribution in [0.15, 0.2) is 0 Å². The van der Waals surface area contributed by atoms with E-state index in [1.807, 2.05) is 13.8 Å². The molecule has 0 aromatic rings. The van der Waals surface area contributed by atoms with Crippen LogP contribution in [0.25, 0.3) is 0 Å². The summed E-state index contributed by atoms with van der Waals surface area (Å²) in [5.74, 6) is 0.533. The van der Waals surface area contributed by atoms with E-state index in [4.69, 9.17) is 9.47 Å². The zero-order valence-corrected chi connectivity index (χ0v) is 8.53. The minimum atomic E-state index is -0.325. The zero-order valence-electron chi connectivity index (χ0n) is 8.53. The molecule has 0 amide bonds. The lowest BCUT2D eigenvalue weighted by molar-refractivity contribution is -0.00419. The molecule has 0 bridgehead atoms. The highest BCUT2D eigenvalue weighted by Crippen LogP contribution is 2.18. The molecule has 1 aliphatic rings. The summed E-state index contributed by atoms with van der Waals surface area (Å²) in [6.07, 6.45) is 1.77. The van der Waals surface area contributed by atoms with E-state index in [1.54, 1.807) is 0 Å². The van der Waals surface area contributed by atoms with Gasteiger partial charge in [0.05, 0.1) is 18.8 Å². The van der Waals surface area contributed by atoms with Crippen LogP contribution in [0.4, 0.5) is 0 Å². The Hall–Kier alpha value is -0.120. The van der Waals surface area contributed by atoms with E-state index in [9.17, 15) is 5.11 Å². The Labute approximate surface area is 80.0 Å². The third-order valence-electron chi connectivity index (χ3n) is 2.25. The van der Waals surface area contributed by atoms with Gasteiger partial charge < -0.3 is 14.6 Å². The van der Waals surface area contributed by atoms with Crippen LogP contribution in [0.1, 0.15) is 26.7 Å². The molecule has 13 heavy (non-hydrogen) atoms. The molecule has 0 aromatic heterocycles. The van der Waals surface area contributed by atoms with Gasteiger partial charge in [-0.3, -0.25) is 0 Å². The highest BCUT2D eigenvalue weighted by atomic mass is 16.5. The summed E-state index contributed by atoms with van der Waals surface area (Å²) in [5.41, 5.74) is 0. The molecule has 1 N–H and O–H groups in total. The molecule has 0 aromatic carbocycles. The van der Waals surface area contributed by atoms with E-state index >= 15 is 0 Å². The molecule has 0 spiro atoms. The molecule has 78 valence electrons. The SMILES string of the molecule is CC(C)OCC(O)CC1CCOC1. The molecule has 1 saturated heterocycles. The van der Waals surface area contributed by atoms with Gasteiger partial charge in [0.15, 0.2) is 0 Å². The van der Waals surface area contributed by atoms with Crippen molar-refractivity contribution in [1.29, 1.82) is 0 Å². The third kappa shape index (κ3) is 4.60. The second-order valence-corrected chi connectivity index (χ2v) is 4.00. The summed E-state index contributed by atoms with van der Waals surface area (Å²) in [6, 6.07) is 0. The lowest BCUT2D eigenvalue weighted by atomic mass is 10.0. The van der Waals surface area contributed by atoms with Crippen LogP contribution < -0.4 is 0 Å². The van der Waals surface area contributed by atoms with Crippen molar-refractivity contribution in [3.63, 3.8) is 0 Å². The van der Waals surface area contributed by atoms with E-state index in [1.165, 1.54) is 0 Å². The van der Waals surface area contributed by atoms with Gasteiger partial charge >= 0.3 is 0 Å². The zero-order chi connectivity index (χ0) is 9.68. The van der Waals surface area contributed by atoms with Crippen LogP contribution in [0.5, 0.6) is 0 Å². The standard InChI is InChI=1S/C10H20O3/c1-8(2)13-7-10(11)5-9-3-4-12-6-9/h8-11H,3-7H2,1-2H3. The van der Waals surface area contributed by atoms with Gasteiger partial charge in [0, 0.05) is 13.2 Å². The molecule has 1 aliphatic heterocycles. The van der Waals surface area contributed by atoms with Crippen LogP contribution in [0.2, 0.25) is 0 Å². The number of ether oxygens (including phenoxy) is 2. The van der Waals surface area contributed by atoms with Gasteiger partial charge in [0.25, 0.3) is 0 Å². The van der Waals surface area contributed by atoms with Gasteiger partial charge in [0.2, 0.25) is 0 Å². The molecular formula is C10H20O3. The average molecular weight is 188 g/mol. The summed E-state index contributed by atoms with van der Waals surface area (Å²) in [7, 11) is 0. The quantitative estimate of drug-likeness (QED) is 0.704. The van der Waals surface area contributed by atoms with Crippen molar-refractivity contribution in [2.24, 2.45) is 5.92 Å². The topological polar surface area (TPSA) is 38.7 Å². The highest BCUT2D eigenvalue weighted by molar-refractivity contribution is 4.68. The van der Waals surface area contributed by atoms with Crippen molar-refractivity contribution in [3.05, 3.63) is 0 Å². The third-order valence-corrected chi connectivity index (χ3v) is 2.25. The molecule has 1 fully saturated rings. The smallest absolute Gasteiger partial charge is 0.0777 e. The Bertz CT molecular complexity index is 130. The number of aliphatic hydroxyl groups is 1. The first-order valence-corrected chi connectivity index (χ1v) is 5.06. The van der Waals surface area contributed by atoms with Crippen LogP contribution in [-0.2, 0) is 9.47 Å². The van der Waals surface area contributed by atoms with E-state index in [-0.39, 0.29) is 12.2 Å². The maximum Gasteiger partial charge on any atom is 0.0777 e. The van der Waals surface area contributed by atoms with Gasteiger partial charge in [-0.05, 0) is 32.6 Å². The van der Waals surface area contributed by atoms with Gasteiger partial charge in [-0.1, -0.05) is 0 Å². The molecule has 1 rings (SSSR count). The van der Waals surface area contributed by atoms with E-state index in [0.717, 1.165) is 26.1 Å². The fourth-order valence-corrected chi connectivity index (χ4v) is 1.53. The Balaban J connectivity index is 2.05. The Morgan fingerprint density at radius 1 is 1.54 bits per heavy atom. The molecule has 0 radical (unpaired) electrons. The number of hydrogen-bond acceptors (Lipinski definition) is 3. The van der Waals surface area contributed by atoms with Crippen LogP contribution in [0, 0.1) is 5.92 Å². The highest BCUT2D eigenvalue weighted by Gasteiger charge is 2.19. The maximum atomic E-state index is 9.58. The first-order chi connectivity index (χ1) is 6.18.